The number of likely N-dealkylation sites (tertiary alicyclic amines) is 1. The third-order valence-electron chi connectivity index (χ3n) is 4.50. The van der Waals surface area contributed by atoms with Gasteiger partial charge in [-0.05, 0) is 48.9 Å². The lowest BCUT2D eigenvalue weighted by Crippen LogP contribution is -2.52. The topological polar surface area (TPSA) is 69.6 Å². The van der Waals surface area contributed by atoms with Gasteiger partial charge in [-0.3, -0.25) is 19.8 Å². The second-order valence-corrected chi connectivity index (χ2v) is 5.88. The summed E-state index contributed by atoms with van der Waals surface area (Å²) in [7, 11) is 1.54. The largest absolute Gasteiger partial charge is 0.508 e. The van der Waals surface area contributed by atoms with Gasteiger partial charge in [-0.2, -0.15) is 0 Å². The zero-order valence-electron chi connectivity index (χ0n) is 12.1. The number of nitrogens with one attached hydrogen (secondary N) is 1. The van der Waals surface area contributed by atoms with Crippen LogP contribution in [-0.2, 0) is 16.0 Å². The molecule has 1 aromatic carbocycles. The van der Waals surface area contributed by atoms with E-state index in [2.05, 4.69) is 5.32 Å². The van der Waals surface area contributed by atoms with Crippen LogP contribution in [0.3, 0.4) is 0 Å². The maximum Gasteiger partial charge on any atom is 0.246 e. The maximum atomic E-state index is 12.2. The number of hydrogen-bond donors (Lipinski definition) is 2. The normalized spacial score (nSPS) is 25.9. The monoisotopic (exact) mass is 288 g/mol. The van der Waals surface area contributed by atoms with E-state index in [0.717, 1.165) is 24.8 Å². The van der Waals surface area contributed by atoms with E-state index < -0.39 is 0 Å². The first kappa shape index (κ1) is 14.1. The average molecular weight is 288 g/mol. The first-order valence-electron chi connectivity index (χ1n) is 7.44. The van der Waals surface area contributed by atoms with Crippen molar-refractivity contribution in [1.82, 2.24) is 10.2 Å². The van der Waals surface area contributed by atoms with Crippen molar-refractivity contribution in [3.8, 4) is 5.75 Å². The molecule has 0 spiro atoms. The SMILES string of the molecule is CN1C(=O)CCC(NC2CCCc3ccc(O)cc32)C1=O. The molecule has 1 fully saturated rings. The molecule has 1 heterocycles. The van der Waals surface area contributed by atoms with Crippen LogP contribution in [-0.4, -0.2) is 34.9 Å². The van der Waals surface area contributed by atoms with Crippen LogP contribution in [0.4, 0.5) is 0 Å². The summed E-state index contributed by atoms with van der Waals surface area (Å²) in [5, 5.41) is 13.1. The third-order valence-corrected chi connectivity index (χ3v) is 4.50. The summed E-state index contributed by atoms with van der Waals surface area (Å²) in [6.45, 7) is 0. The van der Waals surface area contributed by atoms with Crippen molar-refractivity contribution in [2.75, 3.05) is 7.05 Å². The van der Waals surface area contributed by atoms with Gasteiger partial charge in [0.25, 0.3) is 0 Å². The van der Waals surface area contributed by atoms with Gasteiger partial charge in [0.15, 0.2) is 0 Å². The van der Waals surface area contributed by atoms with Gasteiger partial charge in [-0.1, -0.05) is 6.07 Å². The first-order chi connectivity index (χ1) is 10.1. The highest BCUT2D eigenvalue weighted by molar-refractivity contribution is 6.00. The Bertz CT molecular complexity index is 585. The van der Waals surface area contributed by atoms with Crippen molar-refractivity contribution in [1.29, 1.82) is 0 Å². The number of benzene rings is 1. The van der Waals surface area contributed by atoms with Crippen LogP contribution in [0.15, 0.2) is 18.2 Å². The number of carbonyl (C=O) groups is 2. The molecule has 0 radical (unpaired) electrons. The molecule has 1 saturated heterocycles. The number of piperidine rings is 1. The summed E-state index contributed by atoms with van der Waals surface area (Å²) >= 11 is 0. The van der Waals surface area contributed by atoms with Gasteiger partial charge in [-0.15, -0.1) is 0 Å². The number of rotatable bonds is 2. The number of hydrogen-bond acceptors (Lipinski definition) is 4. The number of aromatic hydroxyl groups is 1. The maximum absolute atomic E-state index is 12.2. The highest BCUT2D eigenvalue weighted by atomic mass is 16.3. The van der Waals surface area contributed by atoms with E-state index >= 15 is 0 Å². The number of phenolic OH excluding ortho intramolecular Hbond substituents is 1. The molecule has 1 aliphatic carbocycles. The van der Waals surface area contributed by atoms with E-state index in [1.54, 1.807) is 19.2 Å². The molecular weight excluding hydrogens is 268 g/mol. The smallest absolute Gasteiger partial charge is 0.246 e. The van der Waals surface area contributed by atoms with Gasteiger partial charge in [0, 0.05) is 19.5 Å². The summed E-state index contributed by atoms with van der Waals surface area (Å²) in [6.07, 6.45) is 3.96. The van der Waals surface area contributed by atoms with Gasteiger partial charge in [0.05, 0.1) is 6.04 Å². The number of aryl methyl sites for hydroxylation is 1. The lowest BCUT2D eigenvalue weighted by Gasteiger charge is -2.34. The molecule has 1 aliphatic heterocycles. The fourth-order valence-electron chi connectivity index (χ4n) is 3.27. The molecule has 2 unspecified atom stereocenters. The molecule has 5 nitrogen and oxygen atoms in total. The van der Waals surface area contributed by atoms with Crippen molar-refractivity contribution >= 4 is 11.8 Å². The number of amides is 2. The summed E-state index contributed by atoms with van der Waals surface area (Å²) in [5.41, 5.74) is 2.30. The highest BCUT2D eigenvalue weighted by Crippen LogP contribution is 2.33. The molecular formula is C16H20N2O3. The minimum Gasteiger partial charge on any atom is -0.508 e. The number of carbonyl (C=O) groups excluding carboxylic acids is 2. The van der Waals surface area contributed by atoms with E-state index in [9.17, 15) is 14.7 Å². The van der Waals surface area contributed by atoms with Crippen molar-refractivity contribution in [2.45, 2.75) is 44.2 Å². The molecule has 2 amide bonds. The molecule has 5 heteroatoms. The predicted molar refractivity (Wildman–Crippen MR) is 77.7 cm³/mol. The Morgan fingerprint density at radius 3 is 2.81 bits per heavy atom. The number of fused-ring (bicyclic) bond motifs is 1. The van der Waals surface area contributed by atoms with Crippen LogP contribution in [0.25, 0.3) is 0 Å². The van der Waals surface area contributed by atoms with Crippen LogP contribution in [0, 0.1) is 0 Å². The quantitative estimate of drug-likeness (QED) is 0.809. The Morgan fingerprint density at radius 2 is 2.00 bits per heavy atom. The number of imide groups is 1. The van der Waals surface area contributed by atoms with Crippen LogP contribution < -0.4 is 5.32 Å². The first-order valence-corrected chi connectivity index (χ1v) is 7.44. The molecule has 0 saturated carbocycles. The van der Waals surface area contributed by atoms with Gasteiger partial charge in [0.1, 0.15) is 5.75 Å². The Labute approximate surface area is 123 Å². The molecule has 2 N–H and O–H groups in total. The van der Waals surface area contributed by atoms with Gasteiger partial charge < -0.3 is 5.11 Å². The van der Waals surface area contributed by atoms with Crippen molar-refractivity contribution in [3.05, 3.63) is 29.3 Å². The van der Waals surface area contributed by atoms with Crippen LogP contribution in [0.1, 0.15) is 42.9 Å². The van der Waals surface area contributed by atoms with Crippen molar-refractivity contribution in [2.24, 2.45) is 0 Å². The molecule has 3 rings (SSSR count). The Kier molecular flexibility index (Phi) is 3.68. The number of likely N-dealkylation sites (N-methyl/N-ethyl adjacent to an activating group) is 1. The second kappa shape index (κ2) is 5.48. The Balaban J connectivity index is 1.79. The fourth-order valence-corrected chi connectivity index (χ4v) is 3.27. The Hall–Kier alpha value is -1.88. The van der Waals surface area contributed by atoms with Crippen LogP contribution >= 0.6 is 0 Å². The molecule has 0 aromatic heterocycles. The van der Waals surface area contributed by atoms with Gasteiger partial charge >= 0.3 is 0 Å². The van der Waals surface area contributed by atoms with Crippen molar-refractivity contribution in [3.63, 3.8) is 0 Å². The fraction of sp³-hybridized carbons (Fsp3) is 0.500. The summed E-state index contributed by atoms with van der Waals surface area (Å²) in [4.78, 5) is 24.9. The highest BCUT2D eigenvalue weighted by Gasteiger charge is 2.34. The van der Waals surface area contributed by atoms with Crippen LogP contribution in [0.5, 0.6) is 5.75 Å². The van der Waals surface area contributed by atoms with Gasteiger partial charge in [-0.25, -0.2) is 0 Å². The predicted octanol–water partition coefficient (Wildman–Crippen LogP) is 1.51. The third kappa shape index (κ3) is 2.65. The number of nitrogens with zero attached hydrogens (tertiary/aromatic N) is 1. The van der Waals surface area contributed by atoms with E-state index in [-0.39, 0.29) is 29.6 Å². The molecule has 2 atom stereocenters. The minimum absolute atomic E-state index is 0.0661. The zero-order chi connectivity index (χ0) is 15.0. The van der Waals surface area contributed by atoms with E-state index in [1.165, 1.54) is 10.5 Å². The molecule has 1 aromatic rings. The number of phenols is 1. The zero-order valence-corrected chi connectivity index (χ0v) is 12.1. The summed E-state index contributed by atoms with van der Waals surface area (Å²) in [6, 6.07) is 5.20. The minimum atomic E-state index is -0.314. The van der Waals surface area contributed by atoms with E-state index in [0.29, 0.717) is 12.8 Å². The lowest BCUT2D eigenvalue weighted by atomic mass is 9.86. The molecule has 21 heavy (non-hydrogen) atoms. The van der Waals surface area contributed by atoms with Crippen molar-refractivity contribution < 1.29 is 14.7 Å². The standard InChI is InChI=1S/C16H20N2O3/c1-18-15(20)8-7-14(16(18)21)17-13-4-2-3-10-5-6-11(19)9-12(10)13/h5-6,9,13-14,17,19H,2-4,7-8H2,1H3. The average Bonchev–Trinajstić information content (AvgIpc) is 2.48. The molecule has 2 aliphatic rings. The molecule has 0 bridgehead atoms. The van der Waals surface area contributed by atoms with E-state index in [1.807, 2.05) is 6.07 Å². The molecule has 112 valence electrons. The van der Waals surface area contributed by atoms with Crippen LogP contribution in [0.2, 0.25) is 0 Å². The lowest BCUT2D eigenvalue weighted by molar-refractivity contribution is -0.148. The Morgan fingerprint density at radius 1 is 1.19 bits per heavy atom. The summed E-state index contributed by atoms with van der Waals surface area (Å²) < 4.78 is 0. The summed E-state index contributed by atoms with van der Waals surface area (Å²) in [5.74, 6) is -0.0111. The second-order valence-electron chi connectivity index (χ2n) is 5.88. The van der Waals surface area contributed by atoms with Gasteiger partial charge in [0.2, 0.25) is 11.8 Å². The van der Waals surface area contributed by atoms with E-state index in [4.69, 9.17) is 0 Å².